The molecule has 0 saturated carbocycles. The summed E-state index contributed by atoms with van der Waals surface area (Å²) >= 11 is 0. The Bertz CT molecular complexity index is 342. The second-order valence-electron chi connectivity index (χ2n) is 3.70. The second-order valence-corrected chi connectivity index (χ2v) is 3.70. The summed E-state index contributed by atoms with van der Waals surface area (Å²) in [6.07, 6.45) is 1.86. The van der Waals surface area contributed by atoms with Crippen LogP contribution >= 0.6 is 0 Å². The molecular weight excluding hydrogens is 184 g/mol. The van der Waals surface area contributed by atoms with E-state index in [0.29, 0.717) is 0 Å². The van der Waals surface area contributed by atoms with Crippen molar-refractivity contribution in [2.75, 3.05) is 12.3 Å². The van der Waals surface area contributed by atoms with Gasteiger partial charge in [0.25, 0.3) is 0 Å². The number of nitrogen functional groups attached to an aromatic ring is 1. The van der Waals surface area contributed by atoms with Crippen LogP contribution in [0.1, 0.15) is 25.0 Å². The molecular formula is C13H20N2. The highest BCUT2D eigenvalue weighted by Crippen LogP contribution is 2.16. The van der Waals surface area contributed by atoms with Crippen LogP contribution in [-0.4, -0.2) is 6.54 Å². The van der Waals surface area contributed by atoms with Gasteiger partial charge in [0.1, 0.15) is 0 Å². The Hall–Kier alpha value is -1.44. The minimum Gasteiger partial charge on any atom is -0.399 e. The van der Waals surface area contributed by atoms with E-state index >= 15 is 0 Å². The average Bonchev–Trinajstić information content (AvgIpc) is 2.21. The topological polar surface area (TPSA) is 38.0 Å². The minimum absolute atomic E-state index is 0.876. The van der Waals surface area contributed by atoms with E-state index in [-0.39, 0.29) is 0 Å². The zero-order valence-corrected chi connectivity index (χ0v) is 9.64. The van der Waals surface area contributed by atoms with Gasteiger partial charge in [0, 0.05) is 24.4 Å². The lowest BCUT2D eigenvalue weighted by atomic mass is 10.0. The van der Waals surface area contributed by atoms with Crippen molar-refractivity contribution in [2.45, 2.75) is 26.7 Å². The van der Waals surface area contributed by atoms with Crippen LogP contribution < -0.4 is 11.1 Å². The van der Waals surface area contributed by atoms with Gasteiger partial charge in [-0.1, -0.05) is 25.6 Å². The van der Waals surface area contributed by atoms with Crippen LogP contribution in [0.2, 0.25) is 0 Å². The molecule has 82 valence electrons. The molecule has 0 aliphatic rings. The highest BCUT2D eigenvalue weighted by atomic mass is 14.9. The number of nitrogens with two attached hydrogens (primary N) is 1. The maximum absolute atomic E-state index is 5.85. The molecule has 2 heteroatoms. The van der Waals surface area contributed by atoms with Crippen molar-refractivity contribution in [3.05, 3.63) is 41.6 Å². The van der Waals surface area contributed by atoms with E-state index in [2.05, 4.69) is 37.9 Å². The number of benzene rings is 1. The Labute approximate surface area is 92.2 Å². The monoisotopic (exact) mass is 204 g/mol. The van der Waals surface area contributed by atoms with Crippen molar-refractivity contribution in [2.24, 2.45) is 0 Å². The van der Waals surface area contributed by atoms with Gasteiger partial charge in [0.2, 0.25) is 0 Å². The van der Waals surface area contributed by atoms with E-state index in [1.807, 2.05) is 6.07 Å². The molecule has 0 heterocycles. The fourth-order valence-corrected chi connectivity index (χ4v) is 1.63. The second kappa shape index (κ2) is 5.44. The van der Waals surface area contributed by atoms with Gasteiger partial charge in [-0.25, -0.2) is 0 Å². The van der Waals surface area contributed by atoms with Gasteiger partial charge in [-0.15, -0.1) is 0 Å². The van der Waals surface area contributed by atoms with Crippen LogP contribution in [0.5, 0.6) is 0 Å². The van der Waals surface area contributed by atoms with E-state index < -0.39 is 0 Å². The molecule has 0 aliphatic heterocycles. The zero-order chi connectivity index (χ0) is 11.3. The number of allylic oxidation sites excluding steroid dienone is 1. The Kier molecular flexibility index (Phi) is 4.22. The molecule has 0 saturated heterocycles. The molecule has 1 rings (SSSR count). The van der Waals surface area contributed by atoms with Crippen molar-refractivity contribution >= 4 is 5.69 Å². The maximum Gasteiger partial charge on any atom is 0.0346 e. The molecule has 0 spiro atoms. The predicted molar refractivity (Wildman–Crippen MR) is 66.8 cm³/mol. The van der Waals surface area contributed by atoms with Crippen molar-refractivity contribution < 1.29 is 0 Å². The van der Waals surface area contributed by atoms with Gasteiger partial charge in [0.15, 0.2) is 0 Å². The van der Waals surface area contributed by atoms with Gasteiger partial charge < -0.3 is 11.1 Å². The van der Waals surface area contributed by atoms with E-state index in [1.165, 1.54) is 11.1 Å². The first-order valence-electron chi connectivity index (χ1n) is 5.46. The van der Waals surface area contributed by atoms with E-state index in [1.54, 1.807) is 0 Å². The van der Waals surface area contributed by atoms with Crippen molar-refractivity contribution in [1.82, 2.24) is 5.32 Å². The Morgan fingerprint density at radius 3 is 2.73 bits per heavy atom. The van der Waals surface area contributed by atoms with Gasteiger partial charge in [-0.2, -0.15) is 0 Å². The smallest absolute Gasteiger partial charge is 0.0346 e. The summed E-state index contributed by atoms with van der Waals surface area (Å²) in [5.74, 6) is 0. The van der Waals surface area contributed by atoms with Crippen molar-refractivity contribution in [3.8, 4) is 0 Å². The number of hydrogen-bond donors (Lipinski definition) is 2. The number of aryl methyl sites for hydroxylation is 1. The fourth-order valence-electron chi connectivity index (χ4n) is 1.63. The SMILES string of the molecule is C=C(Cc1ccc(N)c(CC)c1)NCC. The van der Waals surface area contributed by atoms with Crippen LogP contribution in [-0.2, 0) is 12.8 Å². The van der Waals surface area contributed by atoms with Crippen molar-refractivity contribution in [3.63, 3.8) is 0 Å². The molecule has 0 aliphatic carbocycles. The zero-order valence-electron chi connectivity index (χ0n) is 9.64. The van der Waals surface area contributed by atoms with Crippen LogP contribution in [0.25, 0.3) is 0 Å². The molecule has 1 aromatic carbocycles. The predicted octanol–water partition coefficient (Wildman–Crippen LogP) is 2.50. The van der Waals surface area contributed by atoms with Gasteiger partial charge >= 0.3 is 0 Å². The van der Waals surface area contributed by atoms with E-state index in [0.717, 1.165) is 30.8 Å². The highest BCUT2D eigenvalue weighted by molar-refractivity contribution is 5.49. The lowest BCUT2D eigenvalue weighted by Crippen LogP contribution is -2.13. The maximum atomic E-state index is 5.85. The van der Waals surface area contributed by atoms with E-state index in [4.69, 9.17) is 5.73 Å². The quantitative estimate of drug-likeness (QED) is 0.723. The summed E-state index contributed by atoms with van der Waals surface area (Å²) in [4.78, 5) is 0. The summed E-state index contributed by atoms with van der Waals surface area (Å²) < 4.78 is 0. The molecule has 0 radical (unpaired) electrons. The van der Waals surface area contributed by atoms with Crippen molar-refractivity contribution in [1.29, 1.82) is 0 Å². The number of hydrogen-bond acceptors (Lipinski definition) is 2. The first-order chi connectivity index (χ1) is 7.17. The van der Waals surface area contributed by atoms with Gasteiger partial charge in [-0.3, -0.25) is 0 Å². The van der Waals surface area contributed by atoms with Crippen LogP contribution in [0.3, 0.4) is 0 Å². The largest absolute Gasteiger partial charge is 0.399 e. The molecule has 0 aromatic heterocycles. The molecule has 0 atom stereocenters. The summed E-state index contributed by atoms with van der Waals surface area (Å²) in [5, 5.41) is 3.22. The molecule has 0 unspecified atom stereocenters. The van der Waals surface area contributed by atoms with E-state index in [9.17, 15) is 0 Å². The Morgan fingerprint density at radius 2 is 2.13 bits per heavy atom. The molecule has 1 aromatic rings. The normalized spacial score (nSPS) is 10.0. The number of nitrogens with one attached hydrogen (secondary N) is 1. The standard InChI is InChI=1S/C13H20N2/c1-4-12-9-11(6-7-13(12)14)8-10(3)15-5-2/h6-7,9,15H,3-5,8,14H2,1-2H3. The molecule has 0 amide bonds. The third-order valence-electron chi connectivity index (χ3n) is 2.43. The summed E-state index contributed by atoms with van der Waals surface area (Å²) in [7, 11) is 0. The molecule has 3 N–H and O–H groups in total. The summed E-state index contributed by atoms with van der Waals surface area (Å²) in [6, 6.07) is 6.21. The summed E-state index contributed by atoms with van der Waals surface area (Å²) in [6.45, 7) is 9.09. The third kappa shape index (κ3) is 3.31. The lowest BCUT2D eigenvalue weighted by Gasteiger charge is -2.09. The summed E-state index contributed by atoms with van der Waals surface area (Å²) in [5.41, 5.74) is 10.3. The Morgan fingerprint density at radius 1 is 1.40 bits per heavy atom. The highest BCUT2D eigenvalue weighted by Gasteiger charge is 2.00. The fraction of sp³-hybridized carbons (Fsp3) is 0.385. The first kappa shape index (κ1) is 11.6. The minimum atomic E-state index is 0.876. The molecule has 2 nitrogen and oxygen atoms in total. The first-order valence-corrected chi connectivity index (χ1v) is 5.46. The molecule has 0 bridgehead atoms. The number of anilines is 1. The molecule has 0 fully saturated rings. The molecule has 15 heavy (non-hydrogen) atoms. The van der Waals surface area contributed by atoms with Crippen LogP contribution in [0.4, 0.5) is 5.69 Å². The number of likely N-dealkylation sites (N-methyl/N-ethyl adjacent to an activating group) is 1. The lowest BCUT2D eigenvalue weighted by molar-refractivity contribution is 0.823. The Balaban J connectivity index is 2.74. The number of rotatable bonds is 5. The third-order valence-corrected chi connectivity index (χ3v) is 2.43. The average molecular weight is 204 g/mol. The van der Waals surface area contributed by atoms with Crippen LogP contribution in [0, 0.1) is 0 Å². The van der Waals surface area contributed by atoms with Gasteiger partial charge in [0.05, 0.1) is 0 Å². The van der Waals surface area contributed by atoms with Gasteiger partial charge in [-0.05, 0) is 30.5 Å². The van der Waals surface area contributed by atoms with Crippen LogP contribution in [0.15, 0.2) is 30.5 Å².